The number of rotatable bonds is 6. The summed E-state index contributed by atoms with van der Waals surface area (Å²) in [7, 11) is 0. The average Bonchev–Trinajstić information content (AvgIpc) is 2.04. The third-order valence-electron chi connectivity index (χ3n) is 1.28. The Morgan fingerprint density at radius 2 is 2.00 bits per heavy atom. The van der Waals surface area contributed by atoms with E-state index >= 15 is 0 Å². The van der Waals surface area contributed by atoms with Gasteiger partial charge in [0.25, 0.3) is 0 Å². The van der Waals surface area contributed by atoms with Crippen molar-refractivity contribution in [1.29, 1.82) is 0 Å². The Hall–Kier alpha value is -0.740. The second-order valence-electron chi connectivity index (χ2n) is 2.16. The van der Waals surface area contributed by atoms with Gasteiger partial charge in [-0.2, -0.15) is 8.78 Å². The van der Waals surface area contributed by atoms with Crippen LogP contribution in [0.15, 0.2) is 12.8 Å². The topological polar surface area (TPSA) is 9.23 Å². The van der Waals surface area contributed by atoms with Gasteiger partial charge >= 0.3 is 5.92 Å². The van der Waals surface area contributed by atoms with Gasteiger partial charge in [0.05, 0.1) is 12.9 Å². The molecule has 0 rings (SSSR count). The Kier molecular flexibility index (Phi) is 4.70. The molecule has 1 nitrogen and oxygen atoms in total. The van der Waals surface area contributed by atoms with Gasteiger partial charge in [-0.05, 0) is 0 Å². The minimum atomic E-state index is -3.64. The second-order valence-corrected chi connectivity index (χ2v) is 2.16. The lowest BCUT2D eigenvalue weighted by molar-refractivity contribution is -0.127. The van der Waals surface area contributed by atoms with Gasteiger partial charge in [0.15, 0.2) is 12.8 Å². The normalized spacial score (nSPS) is 14.0. The van der Waals surface area contributed by atoms with E-state index in [0.717, 1.165) is 6.26 Å². The first-order chi connectivity index (χ1) is 5.58. The van der Waals surface area contributed by atoms with Gasteiger partial charge in [-0.15, -0.1) is 0 Å². The van der Waals surface area contributed by atoms with Crippen LogP contribution in [0.25, 0.3) is 0 Å². The van der Waals surface area contributed by atoms with Gasteiger partial charge < -0.3 is 4.74 Å². The van der Waals surface area contributed by atoms with Crippen molar-refractivity contribution in [2.45, 2.75) is 18.4 Å². The lowest BCUT2D eigenvalue weighted by Crippen LogP contribution is -2.37. The van der Waals surface area contributed by atoms with Gasteiger partial charge in [-0.1, -0.05) is 6.58 Å². The highest BCUT2D eigenvalue weighted by molar-refractivity contribution is 4.79. The molecule has 0 fully saturated rings. The maximum absolute atomic E-state index is 12.5. The zero-order chi connectivity index (χ0) is 9.61. The van der Waals surface area contributed by atoms with Crippen LogP contribution in [0.2, 0.25) is 0 Å². The first-order valence-corrected chi connectivity index (χ1v) is 3.34. The number of hydrogen-bond acceptors (Lipinski definition) is 1. The molecule has 0 aromatic carbocycles. The van der Waals surface area contributed by atoms with E-state index in [1.165, 1.54) is 0 Å². The Bertz CT molecular complexity index is 137. The van der Waals surface area contributed by atoms with E-state index in [2.05, 4.69) is 11.3 Å². The fraction of sp³-hybridized carbons (Fsp3) is 0.714. The molecular weight excluding hydrogens is 176 g/mol. The first-order valence-electron chi connectivity index (χ1n) is 3.34. The van der Waals surface area contributed by atoms with Crippen LogP contribution in [0, 0.1) is 0 Å². The van der Waals surface area contributed by atoms with Crippen LogP contribution in [0.3, 0.4) is 0 Å². The first kappa shape index (κ1) is 11.3. The molecule has 0 saturated carbocycles. The number of hydrogen-bond donors (Lipinski definition) is 0. The third kappa shape index (κ3) is 3.11. The molecule has 0 aliphatic heterocycles. The van der Waals surface area contributed by atoms with Gasteiger partial charge in [0.2, 0.25) is 0 Å². The molecule has 0 heterocycles. The van der Waals surface area contributed by atoms with Crippen molar-refractivity contribution in [3.05, 3.63) is 12.8 Å². The van der Waals surface area contributed by atoms with Crippen LogP contribution in [0.5, 0.6) is 0 Å². The minimum Gasteiger partial charge on any atom is -0.492 e. The zero-order valence-corrected chi connectivity index (χ0v) is 6.40. The van der Waals surface area contributed by atoms with Crippen LogP contribution in [0.4, 0.5) is 17.6 Å². The van der Waals surface area contributed by atoms with Gasteiger partial charge in [0, 0.05) is 6.42 Å². The molecule has 1 unspecified atom stereocenters. The predicted octanol–water partition coefficient (Wildman–Crippen LogP) is 2.48. The maximum Gasteiger partial charge on any atom is 0.311 e. The molecule has 0 N–H and O–H groups in total. The summed E-state index contributed by atoms with van der Waals surface area (Å²) in [5, 5.41) is 0. The van der Waals surface area contributed by atoms with Crippen molar-refractivity contribution >= 4 is 0 Å². The molecule has 1 atom stereocenters. The smallest absolute Gasteiger partial charge is 0.311 e. The Morgan fingerprint density at radius 1 is 1.42 bits per heavy atom. The van der Waals surface area contributed by atoms with Crippen LogP contribution < -0.4 is 0 Å². The number of halogens is 4. The van der Waals surface area contributed by atoms with Crippen LogP contribution in [0.1, 0.15) is 6.42 Å². The van der Waals surface area contributed by atoms with E-state index < -0.39 is 31.8 Å². The van der Waals surface area contributed by atoms with E-state index in [1.54, 1.807) is 0 Å². The third-order valence-corrected chi connectivity index (χ3v) is 1.28. The van der Waals surface area contributed by atoms with Crippen molar-refractivity contribution in [3.8, 4) is 0 Å². The standard InChI is InChI=1S/C7H10F4O/c1-2-12-6(3-4-8)7(10,11)5-9/h2,6H,1,3-5H2. The quantitative estimate of drug-likeness (QED) is 0.457. The van der Waals surface area contributed by atoms with E-state index in [0.29, 0.717) is 0 Å². The van der Waals surface area contributed by atoms with Crippen molar-refractivity contribution < 1.29 is 22.3 Å². The van der Waals surface area contributed by atoms with Gasteiger partial charge in [-0.3, -0.25) is 4.39 Å². The summed E-state index contributed by atoms with van der Waals surface area (Å²) in [6.07, 6.45) is -1.54. The predicted molar refractivity (Wildman–Crippen MR) is 36.6 cm³/mol. The molecule has 0 saturated heterocycles. The van der Waals surface area contributed by atoms with Crippen LogP contribution >= 0.6 is 0 Å². The maximum atomic E-state index is 12.5. The lowest BCUT2D eigenvalue weighted by Gasteiger charge is -2.22. The molecule has 0 aliphatic carbocycles. The fourth-order valence-corrected chi connectivity index (χ4v) is 0.680. The molecule has 0 aromatic heterocycles. The number of ether oxygens (including phenoxy) is 1. The minimum absolute atomic E-state index is 0.539. The molecule has 0 bridgehead atoms. The summed E-state index contributed by atoms with van der Waals surface area (Å²) in [6, 6.07) is 0. The highest BCUT2D eigenvalue weighted by atomic mass is 19.3. The molecule has 0 aromatic rings. The van der Waals surface area contributed by atoms with Crippen molar-refractivity contribution in [2.24, 2.45) is 0 Å². The Labute approximate surface area is 68.0 Å². The summed E-state index contributed by atoms with van der Waals surface area (Å²) in [5.74, 6) is -3.64. The summed E-state index contributed by atoms with van der Waals surface area (Å²) >= 11 is 0. The zero-order valence-electron chi connectivity index (χ0n) is 6.40. The van der Waals surface area contributed by atoms with E-state index in [-0.39, 0.29) is 0 Å². The lowest BCUT2D eigenvalue weighted by atomic mass is 10.1. The molecule has 5 heteroatoms. The van der Waals surface area contributed by atoms with E-state index in [4.69, 9.17) is 0 Å². The molecule has 0 radical (unpaired) electrons. The molecular formula is C7H10F4O. The second kappa shape index (κ2) is 5.00. The molecule has 72 valence electrons. The van der Waals surface area contributed by atoms with Gasteiger partial charge in [-0.25, -0.2) is 4.39 Å². The van der Waals surface area contributed by atoms with Crippen molar-refractivity contribution in [1.82, 2.24) is 0 Å². The molecule has 12 heavy (non-hydrogen) atoms. The highest BCUT2D eigenvalue weighted by Gasteiger charge is 2.40. The average molecular weight is 186 g/mol. The Balaban J connectivity index is 4.15. The van der Waals surface area contributed by atoms with Crippen molar-refractivity contribution in [3.63, 3.8) is 0 Å². The van der Waals surface area contributed by atoms with Crippen molar-refractivity contribution in [2.75, 3.05) is 13.3 Å². The summed E-state index contributed by atoms with van der Waals surface area (Å²) in [5.41, 5.74) is 0. The molecule has 0 spiro atoms. The SMILES string of the molecule is C=COC(CCF)C(F)(F)CF. The largest absolute Gasteiger partial charge is 0.492 e. The summed E-state index contributed by atoms with van der Waals surface area (Å²) in [4.78, 5) is 0. The number of alkyl halides is 4. The Morgan fingerprint density at radius 3 is 2.33 bits per heavy atom. The molecule has 0 amide bonds. The summed E-state index contributed by atoms with van der Waals surface area (Å²) in [6.45, 7) is 0.196. The monoisotopic (exact) mass is 186 g/mol. The van der Waals surface area contributed by atoms with Crippen LogP contribution in [-0.2, 0) is 4.74 Å². The van der Waals surface area contributed by atoms with Gasteiger partial charge in [0.1, 0.15) is 0 Å². The fourth-order valence-electron chi connectivity index (χ4n) is 0.680. The van der Waals surface area contributed by atoms with Crippen LogP contribution in [-0.4, -0.2) is 25.4 Å². The molecule has 0 aliphatic rings. The highest BCUT2D eigenvalue weighted by Crippen LogP contribution is 2.24. The van der Waals surface area contributed by atoms with E-state index in [9.17, 15) is 17.6 Å². The van der Waals surface area contributed by atoms with E-state index in [1.807, 2.05) is 0 Å². The summed E-state index contributed by atoms with van der Waals surface area (Å²) < 4.78 is 52.6.